The van der Waals surface area contributed by atoms with Crippen molar-refractivity contribution in [2.75, 3.05) is 13.1 Å². The summed E-state index contributed by atoms with van der Waals surface area (Å²) in [4.78, 5) is 13.0. The topological polar surface area (TPSA) is 49.8 Å². The molecule has 0 bridgehead atoms. The van der Waals surface area contributed by atoms with Crippen molar-refractivity contribution in [3.8, 4) is 5.75 Å². The zero-order chi connectivity index (χ0) is 20.3. The Labute approximate surface area is 161 Å². The number of likely N-dealkylation sites (tertiary alicyclic amines) is 1. The van der Waals surface area contributed by atoms with E-state index in [1.807, 2.05) is 19.1 Å². The summed E-state index contributed by atoms with van der Waals surface area (Å²) in [6.07, 6.45) is -3.36. The molecule has 0 aliphatic carbocycles. The van der Waals surface area contributed by atoms with Crippen LogP contribution >= 0.6 is 0 Å². The molecular formula is C21H22F3NO3. The number of aliphatic carboxylic acids is 1. The fraction of sp³-hybridized carbons (Fsp3) is 0.381. The molecule has 4 nitrogen and oxygen atoms in total. The van der Waals surface area contributed by atoms with Crippen molar-refractivity contribution in [3.63, 3.8) is 0 Å². The Bertz CT molecular complexity index is 845. The van der Waals surface area contributed by atoms with Gasteiger partial charge in [-0.2, -0.15) is 0 Å². The molecule has 1 aliphatic rings. The van der Waals surface area contributed by atoms with E-state index in [1.54, 1.807) is 12.1 Å². The minimum atomic E-state index is -4.69. The fourth-order valence-corrected chi connectivity index (χ4v) is 3.43. The summed E-state index contributed by atoms with van der Waals surface area (Å²) in [6.45, 7) is 3.89. The van der Waals surface area contributed by atoms with Gasteiger partial charge < -0.3 is 9.84 Å². The molecule has 1 saturated heterocycles. The molecule has 0 atom stereocenters. The Morgan fingerprint density at radius 1 is 1.14 bits per heavy atom. The number of hydrogen-bond acceptors (Lipinski definition) is 3. The molecule has 28 heavy (non-hydrogen) atoms. The predicted octanol–water partition coefficient (Wildman–Crippen LogP) is 4.20. The second-order valence-electron chi connectivity index (χ2n) is 7.19. The average molecular weight is 393 g/mol. The SMILES string of the molecule is Cc1cc(CN2CC(C(=O)O)C2)ccc1CCc1cccc(OC(F)(F)F)c1. The van der Waals surface area contributed by atoms with Gasteiger partial charge in [-0.25, -0.2) is 0 Å². The van der Waals surface area contributed by atoms with Crippen molar-refractivity contribution >= 4 is 5.97 Å². The maximum Gasteiger partial charge on any atom is 0.573 e. The van der Waals surface area contributed by atoms with E-state index in [1.165, 1.54) is 12.1 Å². The van der Waals surface area contributed by atoms with Gasteiger partial charge in [-0.05, 0) is 54.2 Å². The number of rotatable bonds is 7. The minimum Gasteiger partial charge on any atom is -0.481 e. The van der Waals surface area contributed by atoms with Gasteiger partial charge >= 0.3 is 12.3 Å². The molecule has 1 aliphatic heterocycles. The second kappa shape index (κ2) is 8.22. The summed E-state index contributed by atoms with van der Waals surface area (Å²) < 4.78 is 41.0. The summed E-state index contributed by atoms with van der Waals surface area (Å²) in [5, 5.41) is 8.93. The van der Waals surface area contributed by atoms with Crippen LogP contribution < -0.4 is 4.74 Å². The van der Waals surface area contributed by atoms with Crippen molar-refractivity contribution in [1.82, 2.24) is 4.90 Å². The summed E-state index contributed by atoms with van der Waals surface area (Å²) in [6, 6.07) is 12.2. The van der Waals surface area contributed by atoms with E-state index in [4.69, 9.17) is 5.11 Å². The minimum absolute atomic E-state index is 0.203. The van der Waals surface area contributed by atoms with Crippen molar-refractivity contribution in [1.29, 1.82) is 0 Å². The summed E-state index contributed by atoms with van der Waals surface area (Å²) in [5.41, 5.74) is 4.17. The van der Waals surface area contributed by atoms with E-state index in [9.17, 15) is 18.0 Å². The van der Waals surface area contributed by atoms with Gasteiger partial charge in [-0.15, -0.1) is 13.2 Å². The van der Waals surface area contributed by atoms with E-state index in [0.717, 1.165) is 28.8 Å². The smallest absolute Gasteiger partial charge is 0.481 e. The van der Waals surface area contributed by atoms with Crippen LogP contribution in [-0.4, -0.2) is 35.4 Å². The molecule has 2 aromatic rings. The first-order valence-corrected chi connectivity index (χ1v) is 9.08. The van der Waals surface area contributed by atoms with E-state index in [0.29, 0.717) is 25.9 Å². The first-order chi connectivity index (χ1) is 13.2. The van der Waals surface area contributed by atoms with Crippen molar-refractivity contribution in [3.05, 3.63) is 64.7 Å². The monoisotopic (exact) mass is 393 g/mol. The third kappa shape index (κ3) is 5.48. The molecule has 2 aromatic carbocycles. The van der Waals surface area contributed by atoms with Crippen LogP contribution in [0.1, 0.15) is 22.3 Å². The highest BCUT2D eigenvalue weighted by molar-refractivity contribution is 5.71. The molecule has 0 saturated carbocycles. The fourth-order valence-electron chi connectivity index (χ4n) is 3.43. The highest BCUT2D eigenvalue weighted by Gasteiger charge is 2.32. The van der Waals surface area contributed by atoms with Crippen molar-refractivity contribution in [2.24, 2.45) is 5.92 Å². The number of hydrogen-bond donors (Lipinski definition) is 1. The number of nitrogens with zero attached hydrogens (tertiary/aromatic N) is 1. The summed E-state index contributed by atoms with van der Waals surface area (Å²) in [5.74, 6) is -1.21. The van der Waals surface area contributed by atoms with Crippen LogP contribution in [0.3, 0.4) is 0 Å². The van der Waals surface area contributed by atoms with Crippen LogP contribution in [0.25, 0.3) is 0 Å². The third-order valence-corrected chi connectivity index (χ3v) is 4.93. The number of carbonyl (C=O) groups is 1. The van der Waals surface area contributed by atoms with Crippen LogP contribution in [0, 0.1) is 12.8 Å². The molecule has 3 rings (SSSR count). The lowest BCUT2D eigenvalue weighted by molar-refractivity contribution is -0.274. The van der Waals surface area contributed by atoms with Crippen molar-refractivity contribution in [2.45, 2.75) is 32.7 Å². The average Bonchev–Trinajstić information content (AvgIpc) is 2.55. The number of ether oxygens (including phenoxy) is 1. The molecule has 0 unspecified atom stereocenters. The van der Waals surface area contributed by atoms with E-state index in [2.05, 4.69) is 15.7 Å². The van der Waals surface area contributed by atoms with Gasteiger partial charge in [0.05, 0.1) is 5.92 Å². The number of carboxylic acid groups (broad SMARTS) is 1. The zero-order valence-corrected chi connectivity index (χ0v) is 15.5. The lowest BCUT2D eigenvalue weighted by atomic mass is 9.96. The van der Waals surface area contributed by atoms with E-state index >= 15 is 0 Å². The summed E-state index contributed by atoms with van der Waals surface area (Å²) >= 11 is 0. The predicted molar refractivity (Wildman–Crippen MR) is 98.1 cm³/mol. The van der Waals surface area contributed by atoms with Gasteiger partial charge in [0, 0.05) is 19.6 Å². The molecular weight excluding hydrogens is 371 g/mol. The third-order valence-electron chi connectivity index (χ3n) is 4.93. The molecule has 0 radical (unpaired) electrons. The van der Waals surface area contributed by atoms with Gasteiger partial charge in [0.2, 0.25) is 0 Å². The molecule has 0 aromatic heterocycles. The highest BCUT2D eigenvalue weighted by Crippen LogP contribution is 2.25. The molecule has 0 amide bonds. The number of alkyl halides is 3. The first kappa shape index (κ1) is 20.2. The Morgan fingerprint density at radius 3 is 2.54 bits per heavy atom. The maximum absolute atomic E-state index is 12.3. The van der Waals surface area contributed by atoms with Gasteiger partial charge in [0.15, 0.2) is 0 Å². The largest absolute Gasteiger partial charge is 0.573 e. The Hall–Kier alpha value is -2.54. The lowest BCUT2D eigenvalue weighted by Crippen LogP contribution is -2.49. The highest BCUT2D eigenvalue weighted by atomic mass is 19.4. The van der Waals surface area contributed by atoms with Crippen LogP contribution in [-0.2, 0) is 24.2 Å². The van der Waals surface area contributed by atoms with Crippen LogP contribution in [0.2, 0.25) is 0 Å². The maximum atomic E-state index is 12.3. The molecule has 7 heteroatoms. The number of aryl methyl sites for hydroxylation is 3. The summed E-state index contributed by atoms with van der Waals surface area (Å²) in [7, 11) is 0. The van der Waals surface area contributed by atoms with E-state index in [-0.39, 0.29) is 11.7 Å². The first-order valence-electron chi connectivity index (χ1n) is 9.08. The zero-order valence-electron chi connectivity index (χ0n) is 15.5. The van der Waals surface area contributed by atoms with Gasteiger partial charge in [0.1, 0.15) is 5.75 Å². The Balaban J connectivity index is 1.55. The Kier molecular flexibility index (Phi) is 5.93. The van der Waals surface area contributed by atoms with Crippen molar-refractivity contribution < 1.29 is 27.8 Å². The van der Waals surface area contributed by atoms with E-state index < -0.39 is 12.3 Å². The standard InChI is InChI=1S/C21H22F3NO3/c1-14-9-16(11-25-12-18(13-25)20(26)27)6-8-17(14)7-5-15-3-2-4-19(10-15)28-21(22,23)24/h2-4,6,8-10,18H,5,7,11-13H2,1H3,(H,26,27). The number of halogens is 3. The van der Waals surface area contributed by atoms with Crippen LogP contribution in [0.4, 0.5) is 13.2 Å². The molecule has 1 fully saturated rings. The lowest BCUT2D eigenvalue weighted by Gasteiger charge is -2.36. The molecule has 1 heterocycles. The number of benzene rings is 2. The normalized spacial score (nSPS) is 15.3. The quantitative estimate of drug-likeness (QED) is 0.766. The number of carboxylic acids is 1. The second-order valence-corrected chi connectivity index (χ2v) is 7.19. The molecule has 1 N–H and O–H groups in total. The van der Waals surface area contributed by atoms with Crippen LogP contribution in [0.15, 0.2) is 42.5 Å². The van der Waals surface area contributed by atoms with Gasteiger partial charge in [-0.1, -0.05) is 30.3 Å². The molecule has 0 spiro atoms. The van der Waals surface area contributed by atoms with Gasteiger partial charge in [0.25, 0.3) is 0 Å². The van der Waals surface area contributed by atoms with Crippen LogP contribution in [0.5, 0.6) is 5.75 Å². The Morgan fingerprint density at radius 2 is 1.89 bits per heavy atom. The van der Waals surface area contributed by atoms with Gasteiger partial charge in [-0.3, -0.25) is 9.69 Å². The molecule has 150 valence electrons.